The Morgan fingerprint density at radius 2 is 1.72 bits per heavy atom. The van der Waals surface area contributed by atoms with Crippen LogP contribution in [0, 0.1) is 5.41 Å². The van der Waals surface area contributed by atoms with Crippen molar-refractivity contribution in [2.45, 2.75) is 33.1 Å². The molecule has 1 unspecified atom stereocenters. The number of ether oxygens (including phenoxy) is 2. The normalized spacial score (nSPS) is 13.2. The van der Waals surface area contributed by atoms with E-state index < -0.39 is 0 Å². The molecule has 0 aliphatic carbocycles. The van der Waals surface area contributed by atoms with Gasteiger partial charge in [-0.2, -0.15) is 0 Å². The minimum atomic E-state index is 0.0995. The molecule has 0 aliphatic rings. The highest BCUT2D eigenvalue weighted by Crippen LogP contribution is 2.40. The largest absolute Gasteiger partial charge is 0.493 e. The minimum Gasteiger partial charge on any atom is -0.493 e. The Morgan fingerprint density at radius 1 is 1.11 bits per heavy atom. The van der Waals surface area contributed by atoms with Crippen molar-refractivity contribution < 1.29 is 14.6 Å². The second-order valence-electron chi connectivity index (χ2n) is 5.55. The summed E-state index contributed by atoms with van der Waals surface area (Å²) >= 11 is 0. The van der Waals surface area contributed by atoms with E-state index >= 15 is 0 Å². The third-order valence-corrected chi connectivity index (χ3v) is 3.27. The number of benzene rings is 1. The highest BCUT2D eigenvalue weighted by Gasteiger charge is 2.26. The van der Waals surface area contributed by atoms with Crippen LogP contribution in [0.4, 0.5) is 0 Å². The van der Waals surface area contributed by atoms with Crippen LogP contribution >= 0.6 is 0 Å². The monoisotopic (exact) mass is 252 g/mol. The van der Waals surface area contributed by atoms with Crippen molar-refractivity contribution in [2.75, 3.05) is 20.8 Å². The summed E-state index contributed by atoms with van der Waals surface area (Å²) in [6.07, 6.45) is 0.749. The van der Waals surface area contributed by atoms with Crippen molar-refractivity contribution in [3.63, 3.8) is 0 Å². The van der Waals surface area contributed by atoms with E-state index in [0.29, 0.717) is 5.92 Å². The fraction of sp³-hybridized carbons (Fsp3) is 0.600. The van der Waals surface area contributed by atoms with E-state index in [1.807, 2.05) is 18.2 Å². The highest BCUT2D eigenvalue weighted by molar-refractivity contribution is 5.44. The number of rotatable bonds is 5. The van der Waals surface area contributed by atoms with Crippen LogP contribution in [0.1, 0.15) is 38.7 Å². The van der Waals surface area contributed by atoms with Gasteiger partial charge in [0, 0.05) is 6.61 Å². The van der Waals surface area contributed by atoms with Gasteiger partial charge in [-0.25, -0.2) is 0 Å². The summed E-state index contributed by atoms with van der Waals surface area (Å²) < 4.78 is 10.6. The molecule has 1 aromatic rings. The molecule has 102 valence electrons. The molecule has 0 bridgehead atoms. The van der Waals surface area contributed by atoms with Crippen molar-refractivity contribution in [3.8, 4) is 11.5 Å². The maximum atomic E-state index is 9.23. The van der Waals surface area contributed by atoms with E-state index in [1.54, 1.807) is 14.2 Å². The van der Waals surface area contributed by atoms with Gasteiger partial charge in [-0.3, -0.25) is 0 Å². The summed E-state index contributed by atoms with van der Waals surface area (Å²) in [6, 6.07) is 5.97. The Kier molecular flexibility index (Phi) is 5.03. The summed E-state index contributed by atoms with van der Waals surface area (Å²) in [5.41, 5.74) is 1.27. The smallest absolute Gasteiger partial charge is 0.160 e. The average Bonchev–Trinajstić information content (AvgIpc) is 2.33. The summed E-state index contributed by atoms with van der Waals surface area (Å²) in [5, 5.41) is 9.23. The van der Waals surface area contributed by atoms with Gasteiger partial charge in [0.1, 0.15) is 0 Å². The molecular weight excluding hydrogens is 228 g/mol. The SMILES string of the molecule is COc1ccc(C(CCO)C(C)(C)C)cc1OC. The molecule has 1 N–H and O–H groups in total. The third kappa shape index (κ3) is 3.39. The van der Waals surface area contributed by atoms with Gasteiger partial charge in [0.2, 0.25) is 0 Å². The summed E-state index contributed by atoms with van der Waals surface area (Å²) in [6.45, 7) is 6.74. The van der Waals surface area contributed by atoms with Crippen molar-refractivity contribution >= 4 is 0 Å². The topological polar surface area (TPSA) is 38.7 Å². The van der Waals surface area contributed by atoms with Gasteiger partial charge in [0.15, 0.2) is 11.5 Å². The van der Waals surface area contributed by atoms with E-state index in [4.69, 9.17) is 9.47 Å². The van der Waals surface area contributed by atoms with Crippen molar-refractivity contribution in [1.82, 2.24) is 0 Å². The van der Waals surface area contributed by atoms with Crippen molar-refractivity contribution in [1.29, 1.82) is 0 Å². The van der Waals surface area contributed by atoms with Crippen molar-refractivity contribution in [2.24, 2.45) is 5.41 Å². The summed E-state index contributed by atoms with van der Waals surface area (Å²) in [5.74, 6) is 1.77. The summed E-state index contributed by atoms with van der Waals surface area (Å²) in [7, 11) is 3.27. The Labute approximate surface area is 110 Å². The number of methoxy groups -OCH3 is 2. The van der Waals surface area contributed by atoms with Crippen LogP contribution in [-0.2, 0) is 0 Å². The first kappa shape index (κ1) is 14.8. The molecule has 0 saturated heterocycles. The first-order valence-electron chi connectivity index (χ1n) is 6.26. The molecule has 0 saturated carbocycles. The van der Waals surface area contributed by atoms with Gasteiger partial charge >= 0.3 is 0 Å². The molecule has 0 heterocycles. The molecule has 3 nitrogen and oxygen atoms in total. The number of hydrogen-bond acceptors (Lipinski definition) is 3. The molecule has 1 atom stereocenters. The van der Waals surface area contributed by atoms with Crippen LogP contribution in [0.25, 0.3) is 0 Å². The van der Waals surface area contributed by atoms with E-state index in [0.717, 1.165) is 17.9 Å². The maximum absolute atomic E-state index is 9.23. The minimum absolute atomic E-state index is 0.0995. The highest BCUT2D eigenvalue weighted by atomic mass is 16.5. The maximum Gasteiger partial charge on any atom is 0.160 e. The predicted octanol–water partition coefficient (Wildman–Crippen LogP) is 3.22. The van der Waals surface area contributed by atoms with E-state index in [2.05, 4.69) is 20.8 Å². The Balaban J connectivity index is 3.13. The number of aliphatic hydroxyl groups is 1. The van der Waals surface area contributed by atoms with Gasteiger partial charge in [-0.15, -0.1) is 0 Å². The Hall–Kier alpha value is -1.22. The molecule has 1 aromatic carbocycles. The molecule has 0 radical (unpaired) electrons. The van der Waals surface area contributed by atoms with Crippen LogP contribution in [0.2, 0.25) is 0 Å². The number of aliphatic hydroxyl groups excluding tert-OH is 1. The Bertz CT molecular complexity index is 380. The lowest BCUT2D eigenvalue weighted by molar-refractivity contribution is 0.223. The van der Waals surface area contributed by atoms with Gasteiger partial charge in [-0.05, 0) is 35.4 Å². The van der Waals surface area contributed by atoms with Crippen LogP contribution in [0.3, 0.4) is 0 Å². The van der Waals surface area contributed by atoms with Crippen LogP contribution in [0.5, 0.6) is 11.5 Å². The average molecular weight is 252 g/mol. The molecular formula is C15H24O3. The quantitative estimate of drug-likeness (QED) is 0.874. The third-order valence-electron chi connectivity index (χ3n) is 3.27. The van der Waals surface area contributed by atoms with Gasteiger partial charge in [0.05, 0.1) is 14.2 Å². The first-order chi connectivity index (χ1) is 8.43. The summed E-state index contributed by atoms with van der Waals surface area (Å²) in [4.78, 5) is 0. The van der Waals surface area contributed by atoms with E-state index in [1.165, 1.54) is 5.56 Å². The standard InChI is InChI=1S/C15H24O3/c1-15(2,3)12(8-9-16)11-6-7-13(17-4)14(10-11)18-5/h6-7,10,12,16H,8-9H2,1-5H3. The second-order valence-corrected chi connectivity index (χ2v) is 5.55. The van der Waals surface area contributed by atoms with Crippen LogP contribution in [0.15, 0.2) is 18.2 Å². The molecule has 1 rings (SSSR count). The molecule has 0 spiro atoms. The van der Waals surface area contributed by atoms with Crippen molar-refractivity contribution in [3.05, 3.63) is 23.8 Å². The Morgan fingerprint density at radius 3 is 2.17 bits per heavy atom. The van der Waals surface area contributed by atoms with E-state index in [-0.39, 0.29) is 12.0 Å². The molecule has 3 heteroatoms. The zero-order valence-electron chi connectivity index (χ0n) is 12.0. The molecule has 0 amide bonds. The fourth-order valence-electron chi connectivity index (χ4n) is 2.30. The zero-order chi connectivity index (χ0) is 13.8. The van der Waals surface area contributed by atoms with Gasteiger partial charge < -0.3 is 14.6 Å². The first-order valence-corrected chi connectivity index (χ1v) is 6.26. The lowest BCUT2D eigenvalue weighted by Gasteiger charge is -2.31. The molecule has 0 aromatic heterocycles. The molecule has 0 fully saturated rings. The second kappa shape index (κ2) is 6.10. The molecule has 18 heavy (non-hydrogen) atoms. The fourth-order valence-corrected chi connectivity index (χ4v) is 2.30. The molecule has 0 aliphatic heterocycles. The van der Waals surface area contributed by atoms with E-state index in [9.17, 15) is 5.11 Å². The predicted molar refractivity (Wildman–Crippen MR) is 73.4 cm³/mol. The lowest BCUT2D eigenvalue weighted by Crippen LogP contribution is -2.19. The van der Waals surface area contributed by atoms with Crippen LogP contribution < -0.4 is 9.47 Å². The van der Waals surface area contributed by atoms with Gasteiger partial charge in [0.25, 0.3) is 0 Å². The van der Waals surface area contributed by atoms with Crippen LogP contribution in [-0.4, -0.2) is 25.9 Å². The van der Waals surface area contributed by atoms with Gasteiger partial charge in [-0.1, -0.05) is 26.8 Å². The number of hydrogen-bond donors (Lipinski definition) is 1. The zero-order valence-corrected chi connectivity index (χ0v) is 12.0. The lowest BCUT2D eigenvalue weighted by atomic mass is 9.75.